The van der Waals surface area contributed by atoms with E-state index in [1.807, 2.05) is 72.8 Å². The molecule has 0 aliphatic carbocycles. The van der Waals surface area contributed by atoms with Crippen LogP contribution in [0, 0.1) is 66.7 Å². The van der Waals surface area contributed by atoms with Crippen molar-refractivity contribution in [3.05, 3.63) is 293 Å². The Morgan fingerprint density at radius 2 is 0.589 bits per heavy atom. The van der Waals surface area contributed by atoms with Gasteiger partial charge in [0.25, 0.3) is 0 Å². The molecule has 0 aliphatic heterocycles. The van der Waals surface area contributed by atoms with E-state index in [-0.39, 0.29) is 0 Å². The SMILES string of the molecule is Cc1cc(C)cc(-c2ccc3c(c2)c2cc(-c4cc(C)cc(C)c4)ccc2n3-c2ccc(-c3nc(-c4ccccc4)nc(-c4ccccc4)n3)cc2-c2c(C#N)cccc2-n2c3ccc(-c4cc(C)cc(C)c4)cc3c3cc(-c4cc(C)cc(C)c4)ccc32)c1. The Balaban J connectivity index is 1.05. The maximum absolute atomic E-state index is 11.8. The number of aryl methyl sites for hydroxylation is 8. The van der Waals surface area contributed by atoms with Crippen LogP contribution in [0.15, 0.2) is 243 Å². The minimum atomic E-state index is 0.514. The molecule has 15 aromatic rings. The average molecular weight is 1160 g/mol. The van der Waals surface area contributed by atoms with Gasteiger partial charge in [0, 0.05) is 49.4 Å². The summed E-state index contributed by atoms with van der Waals surface area (Å²) in [7, 11) is 0. The smallest absolute Gasteiger partial charge is 0.164 e. The van der Waals surface area contributed by atoms with Gasteiger partial charge in [-0.15, -0.1) is 0 Å². The molecule has 0 fully saturated rings. The van der Waals surface area contributed by atoms with Crippen molar-refractivity contribution in [3.8, 4) is 107 Å². The third-order valence-corrected chi connectivity index (χ3v) is 17.6. The molecular weight excluding hydrogens is 1090 g/mol. The van der Waals surface area contributed by atoms with Crippen LogP contribution in [-0.2, 0) is 0 Å². The van der Waals surface area contributed by atoms with Crippen LogP contribution < -0.4 is 0 Å². The van der Waals surface area contributed by atoms with Crippen molar-refractivity contribution in [3.63, 3.8) is 0 Å². The molecule has 6 heteroatoms. The summed E-state index contributed by atoms with van der Waals surface area (Å²) in [5.41, 5.74) is 29.6. The second-order valence-electron chi connectivity index (χ2n) is 24.7. The van der Waals surface area contributed by atoms with Crippen molar-refractivity contribution in [1.29, 1.82) is 5.26 Å². The first kappa shape index (κ1) is 55.3. The summed E-state index contributed by atoms with van der Waals surface area (Å²) in [5, 5.41) is 16.2. The molecule has 0 saturated heterocycles. The van der Waals surface area contributed by atoms with Gasteiger partial charge in [-0.1, -0.05) is 208 Å². The first-order chi connectivity index (χ1) is 43.8. The van der Waals surface area contributed by atoms with Crippen molar-refractivity contribution in [2.45, 2.75) is 55.4 Å². The first-order valence-electron chi connectivity index (χ1n) is 30.8. The van der Waals surface area contributed by atoms with E-state index in [1.54, 1.807) is 0 Å². The van der Waals surface area contributed by atoms with Crippen LogP contribution in [0.4, 0.5) is 0 Å². The zero-order valence-corrected chi connectivity index (χ0v) is 51.8. The molecule has 0 aliphatic rings. The van der Waals surface area contributed by atoms with Crippen LogP contribution in [0.2, 0.25) is 0 Å². The van der Waals surface area contributed by atoms with E-state index in [0.29, 0.717) is 23.0 Å². The molecule has 12 aromatic carbocycles. The number of fused-ring (bicyclic) bond motifs is 6. The molecule has 3 aromatic heterocycles. The Bertz CT molecular complexity index is 5110. The molecule has 0 N–H and O–H groups in total. The lowest BCUT2D eigenvalue weighted by molar-refractivity contribution is 1.07. The zero-order valence-electron chi connectivity index (χ0n) is 51.8. The van der Waals surface area contributed by atoms with Crippen molar-refractivity contribution in [2.24, 2.45) is 0 Å². The number of rotatable bonds is 10. The first-order valence-corrected chi connectivity index (χ1v) is 30.8. The van der Waals surface area contributed by atoms with Crippen LogP contribution in [0.3, 0.4) is 0 Å². The predicted molar refractivity (Wildman–Crippen MR) is 375 cm³/mol. The topological polar surface area (TPSA) is 72.3 Å². The largest absolute Gasteiger partial charge is 0.309 e. The summed E-state index contributed by atoms with van der Waals surface area (Å²) in [5.74, 6) is 1.64. The molecule has 0 saturated carbocycles. The Morgan fingerprint density at radius 1 is 0.267 bits per heavy atom. The van der Waals surface area contributed by atoms with Crippen LogP contribution in [0.25, 0.3) is 145 Å². The summed E-state index contributed by atoms with van der Waals surface area (Å²) >= 11 is 0. The fourth-order valence-corrected chi connectivity index (χ4v) is 14.0. The van der Waals surface area contributed by atoms with E-state index in [9.17, 15) is 5.26 Å². The molecule has 15 rings (SSSR count). The molecule has 0 unspecified atom stereocenters. The van der Waals surface area contributed by atoms with Crippen molar-refractivity contribution < 1.29 is 0 Å². The third-order valence-electron chi connectivity index (χ3n) is 17.6. The van der Waals surface area contributed by atoms with Crippen LogP contribution in [0.5, 0.6) is 0 Å². The van der Waals surface area contributed by atoms with Gasteiger partial charge in [0.05, 0.1) is 45.1 Å². The number of nitrogens with zero attached hydrogens (tertiary/aromatic N) is 6. The van der Waals surface area contributed by atoms with Gasteiger partial charge in [-0.25, -0.2) is 15.0 Å². The van der Waals surface area contributed by atoms with Gasteiger partial charge in [0.1, 0.15) is 0 Å². The molecule has 0 bridgehead atoms. The lowest BCUT2D eigenvalue weighted by Crippen LogP contribution is -2.05. The highest BCUT2D eigenvalue weighted by atomic mass is 15.0. The Morgan fingerprint density at radius 3 is 0.933 bits per heavy atom. The van der Waals surface area contributed by atoms with Crippen molar-refractivity contribution >= 4 is 43.6 Å². The highest BCUT2D eigenvalue weighted by Crippen LogP contribution is 2.46. The predicted octanol–water partition coefficient (Wildman–Crippen LogP) is 21.7. The van der Waals surface area contributed by atoms with Crippen molar-refractivity contribution in [2.75, 3.05) is 0 Å². The Hall–Kier alpha value is -11.3. The highest BCUT2D eigenvalue weighted by molar-refractivity contribution is 6.14. The van der Waals surface area contributed by atoms with E-state index in [1.165, 1.54) is 66.8 Å². The number of nitriles is 1. The maximum atomic E-state index is 11.8. The van der Waals surface area contributed by atoms with Crippen LogP contribution in [0.1, 0.15) is 50.1 Å². The quantitative estimate of drug-likeness (QED) is 0.137. The van der Waals surface area contributed by atoms with Gasteiger partial charge in [-0.2, -0.15) is 5.26 Å². The van der Waals surface area contributed by atoms with E-state index in [2.05, 4.69) is 240 Å². The van der Waals surface area contributed by atoms with Gasteiger partial charge in [0.2, 0.25) is 0 Å². The van der Waals surface area contributed by atoms with Gasteiger partial charge >= 0.3 is 0 Å². The molecule has 0 amide bonds. The molecule has 0 atom stereocenters. The van der Waals surface area contributed by atoms with E-state index in [0.717, 1.165) is 105 Å². The van der Waals surface area contributed by atoms with E-state index >= 15 is 0 Å². The summed E-state index contributed by atoms with van der Waals surface area (Å²) in [6.07, 6.45) is 0. The zero-order chi connectivity index (χ0) is 61.5. The van der Waals surface area contributed by atoms with E-state index in [4.69, 9.17) is 15.0 Å². The fraction of sp³-hybridized carbons (Fsp3) is 0.0952. The molecule has 3 heterocycles. The minimum absolute atomic E-state index is 0.514. The summed E-state index contributed by atoms with van der Waals surface area (Å²) < 4.78 is 4.80. The minimum Gasteiger partial charge on any atom is -0.309 e. The highest BCUT2D eigenvalue weighted by Gasteiger charge is 2.26. The second-order valence-corrected chi connectivity index (χ2v) is 24.7. The summed E-state index contributed by atoms with van der Waals surface area (Å²) in [6, 6.07) is 90.5. The number of hydrogen-bond acceptors (Lipinski definition) is 4. The van der Waals surface area contributed by atoms with Crippen molar-refractivity contribution in [1.82, 2.24) is 24.1 Å². The van der Waals surface area contributed by atoms with Crippen LogP contribution >= 0.6 is 0 Å². The normalized spacial score (nSPS) is 11.5. The maximum Gasteiger partial charge on any atom is 0.164 e. The number of benzene rings is 12. The number of aromatic nitrogens is 5. The lowest BCUT2D eigenvalue weighted by atomic mass is 9.94. The molecule has 0 radical (unpaired) electrons. The van der Waals surface area contributed by atoms with Gasteiger partial charge in [-0.05, 0) is 179 Å². The van der Waals surface area contributed by atoms with Gasteiger partial charge in [-0.3, -0.25) is 0 Å². The van der Waals surface area contributed by atoms with Crippen LogP contribution in [-0.4, -0.2) is 24.1 Å². The molecule has 0 spiro atoms. The van der Waals surface area contributed by atoms with Gasteiger partial charge < -0.3 is 9.13 Å². The summed E-state index contributed by atoms with van der Waals surface area (Å²) in [6.45, 7) is 17.4. The summed E-state index contributed by atoms with van der Waals surface area (Å²) in [4.78, 5) is 15.7. The Kier molecular flexibility index (Phi) is 13.6. The average Bonchev–Trinajstić information content (AvgIpc) is 1.54. The Labute approximate surface area is 525 Å². The second kappa shape index (κ2) is 22.2. The fourth-order valence-electron chi connectivity index (χ4n) is 14.0. The van der Waals surface area contributed by atoms with E-state index < -0.39 is 0 Å². The molecule has 430 valence electrons. The monoisotopic (exact) mass is 1160 g/mol. The molecule has 90 heavy (non-hydrogen) atoms. The third kappa shape index (κ3) is 10.0. The number of hydrogen-bond donors (Lipinski definition) is 0. The molecule has 6 nitrogen and oxygen atoms in total. The lowest BCUT2D eigenvalue weighted by Gasteiger charge is -2.21. The van der Waals surface area contributed by atoms with Gasteiger partial charge in [0.15, 0.2) is 17.5 Å². The molecular formula is C84H64N6. The standard InChI is InChI=1S/C84H64N6/c1-50-32-51(2)37-66(36-50)60-22-27-75-70(44-60)71-45-61(67-38-52(3)33-53(4)39-67)23-28-76(71)89(75)79-31-26-64(84-87-82(58-16-11-9-12-17-58)86-83(88-84)59-18-13-10-14-19-59)48-74(79)81-65(49-85)20-15-21-80(81)90-77-29-24-62(68-40-54(5)34-55(6)41-68)46-72(77)73-47-63(25-30-78(73)90)69-42-56(7)35-57(8)43-69/h9-48H,1-8H3.